The van der Waals surface area contributed by atoms with Gasteiger partial charge >= 0.3 is 0 Å². The Morgan fingerprint density at radius 1 is 1.16 bits per heavy atom. The molecule has 0 unspecified atom stereocenters. The van der Waals surface area contributed by atoms with Crippen molar-refractivity contribution in [3.05, 3.63) is 45.6 Å². The van der Waals surface area contributed by atoms with Crippen molar-refractivity contribution in [3.8, 4) is 0 Å². The number of hydrogen-bond acceptors (Lipinski definition) is 4. The number of nitrogens with zero attached hydrogens (tertiary/aromatic N) is 3. The molecule has 1 amide bonds. The average molecular weight is 435 g/mol. The van der Waals surface area contributed by atoms with Gasteiger partial charge in [-0.3, -0.25) is 14.0 Å². The molecule has 4 heterocycles. The van der Waals surface area contributed by atoms with Crippen molar-refractivity contribution in [2.24, 2.45) is 5.41 Å². The Hall–Kier alpha value is -2.67. The number of rotatable bonds is 2. The maximum Gasteiger partial charge on any atom is 0.274 e. The highest BCUT2D eigenvalue weighted by Gasteiger charge is 2.42. The normalized spacial score (nSPS) is 21.3. The van der Waals surface area contributed by atoms with Gasteiger partial charge in [0.05, 0.1) is 17.2 Å². The van der Waals surface area contributed by atoms with Crippen LogP contribution >= 0.6 is 0 Å². The first-order chi connectivity index (χ1) is 15.5. The van der Waals surface area contributed by atoms with Crippen molar-refractivity contribution in [3.63, 3.8) is 0 Å². The molecule has 3 fully saturated rings. The maximum absolute atomic E-state index is 13.5. The fourth-order valence-corrected chi connectivity index (χ4v) is 6.23. The summed E-state index contributed by atoms with van der Waals surface area (Å²) in [5.41, 5.74) is 3.96. The van der Waals surface area contributed by atoms with Gasteiger partial charge in [0.25, 0.3) is 11.5 Å². The van der Waals surface area contributed by atoms with Gasteiger partial charge in [0.1, 0.15) is 11.3 Å². The molecule has 1 saturated carbocycles. The van der Waals surface area contributed by atoms with E-state index in [-0.39, 0.29) is 17.4 Å². The highest BCUT2D eigenvalue weighted by molar-refractivity contribution is 5.99. The van der Waals surface area contributed by atoms with Gasteiger partial charge in [-0.2, -0.15) is 0 Å². The molecule has 7 nitrogen and oxygen atoms in total. The number of hydrogen-bond donors (Lipinski definition) is 1. The number of aromatic amines is 1. The van der Waals surface area contributed by atoms with E-state index in [0.717, 1.165) is 62.5 Å². The van der Waals surface area contributed by atoms with E-state index in [9.17, 15) is 9.59 Å². The van der Waals surface area contributed by atoms with Crippen molar-refractivity contribution >= 4 is 22.5 Å². The fraction of sp³-hybridized carbons (Fsp3) is 0.560. The van der Waals surface area contributed by atoms with Crippen molar-refractivity contribution in [1.29, 1.82) is 0 Å². The van der Waals surface area contributed by atoms with E-state index >= 15 is 0 Å². The second kappa shape index (κ2) is 7.44. The topological polar surface area (TPSA) is 79.7 Å². The molecule has 168 valence electrons. The zero-order chi connectivity index (χ0) is 21.9. The van der Waals surface area contributed by atoms with Crippen LogP contribution in [0.2, 0.25) is 0 Å². The standard InChI is InChI=1S/C25H30N4O3/c1-16-12-20-19(13-18(16)24(31)28-9-8-25(15-28)6-2-3-7-25)27-23(30)21-14-26-22(29(20)21)17-4-10-32-11-5-17/h12-14,17H,2-11,15H2,1H3,(H,27,30). The van der Waals surface area contributed by atoms with E-state index in [1.807, 2.05) is 28.4 Å². The van der Waals surface area contributed by atoms with Crippen molar-refractivity contribution in [2.45, 2.75) is 57.8 Å². The number of aromatic nitrogens is 3. The van der Waals surface area contributed by atoms with Crippen molar-refractivity contribution < 1.29 is 9.53 Å². The monoisotopic (exact) mass is 434 g/mol. The number of fused-ring (bicyclic) bond motifs is 3. The molecule has 1 N–H and O–H groups in total. The van der Waals surface area contributed by atoms with Gasteiger partial charge in [0, 0.05) is 37.8 Å². The SMILES string of the molecule is Cc1cc2c(cc1C(=O)N1CCC3(CCCC3)C1)[nH]c(=O)c1cnc(C3CCOCC3)n12. The first-order valence-corrected chi connectivity index (χ1v) is 12.0. The van der Waals surface area contributed by atoms with E-state index < -0.39 is 0 Å². The quantitative estimate of drug-likeness (QED) is 0.666. The molecule has 3 aromatic rings. The number of benzene rings is 1. The summed E-state index contributed by atoms with van der Waals surface area (Å²) in [7, 11) is 0. The summed E-state index contributed by atoms with van der Waals surface area (Å²) < 4.78 is 7.51. The highest BCUT2D eigenvalue weighted by atomic mass is 16.5. The molecule has 3 aliphatic rings. The molecule has 6 rings (SSSR count). The lowest BCUT2D eigenvalue weighted by Crippen LogP contribution is -2.31. The van der Waals surface area contributed by atoms with Gasteiger partial charge in [0.2, 0.25) is 0 Å². The van der Waals surface area contributed by atoms with Gasteiger partial charge in [-0.1, -0.05) is 12.8 Å². The van der Waals surface area contributed by atoms with Gasteiger partial charge in [0.15, 0.2) is 0 Å². The van der Waals surface area contributed by atoms with E-state index in [0.29, 0.717) is 22.0 Å². The van der Waals surface area contributed by atoms with Crippen LogP contribution in [0.5, 0.6) is 0 Å². The molecule has 1 aromatic carbocycles. The Morgan fingerprint density at radius 2 is 1.94 bits per heavy atom. The average Bonchev–Trinajstić information content (AvgIpc) is 3.55. The third kappa shape index (κ3) is 3.09. The Balaban J connectivity index is 1.42. The van der Waals surface area contributed by atoms with Crippen LogP contribution in [0.15, 0.2) is 23.1 Å². The lowest BCUT2D eigenvalue weighted by Gasteiger charge is -2.24. The Bertz CT molecular complexity index is 1260. The number of imidazole rings is 1. The second-order valence-electron chi connectivity index (χ2n) is 10.0. The number of likely N-dealkylation sites (tertiary alicyclic amines) is 1. The minimum atomic E-state index is -0.170. The molecular weight excluding hydrogens is 404 g/mol. The lowest BCUT2D eigenvalue weighted by molar-refractivity contribution is 0.0772. The van der Waals surface area contributed by atoms with Crippen LogP contribution in [-0.4, -0.2) is 51.5 Å². The first-order valence-electron chi connectivity index (χ1n) is 12.0. The number of aryl methyl sites for hydroxylation is 1. The maximum atomic E-state index is 13.5. The van der Waals surface area contributed by atoms with Crippen LogP contribution in [0.1, 0.15) is 72.6 Å². The summed E-state index contributed by atoms with van der Waals surface area (Å²) in [5.74, 6) is 1.27. The molecule has 1 spiro atoms. The van der Waals surface area contributed by atoms with E-state index in [4.69, 9.17) is 4.74 Å². The number of H-pyrrole nitrogens is 1. The summed E-state index contributed by atoms with van der Waals surface area (Å²) in [6.07, 6.45) is 9.65. The second-order valence-corrected chi connectivity index (χ2v) is 10.0. The molecule has 0 radical (unpaired) electrons. The number of carbonyl (C=O) groups excluding carboxylic acids is 1. The zero-order valence-electron chi connectivity index (χ0n) is 18.7. The van der Waals surface area contributed by atoms with E-state index in [1.54, 1.807) is 6.20 Å². The summed E-state index contributed by atoms with van der Waals surface area (Å²) in [5, 5.41) is 0. The molecule has 0 atom stereocenters. The number of amides is 1. The van der Waals surface area contributed by atoms with Gasteiger partial charge in [-0.05, 0) is 62.1 Å². The minimum Gasteiger partial charge on any atom is -0.381 e. The van der Waals surface area contributed by atoms with Crippen LogP contribution in [0.3, 0.4) is 0 Å². The first kappa shape index (κ1) is 20.0. The van der Waals surface area contributed by atoms with E-state index in [1.165, 1.54) is 25.7 Å². The molecule has 32 heavy (non-hydrogen) atoms. The third-order valence-corrected chi connectivity index (χ3v) is 8.06. The molecule has 2 aliphatic heterocycles. The largest absolute Gasteiger partial charge is 0.381 e. The van der Waals surface area contributed by atoms with Crippen molar-refractivity contribution in [2.75, 3.05) is 26.3 Å². The summed E-state index contributed by atoms with van der Waals surface area (Å²) in [6, 6.07) is 3.92. The minimum absolute atomic E-state index is 0.0874. The van der Waals surface area contributed by atoms with Crippen LogP contribution in [0.25, 0.3) is 16.6 Å². The molecule has 2 aromatic heterocycles. The Labute approximate surface area is 186 Å². The molecule has 7 heteroatoms. The van der Waals surface area contributed by atoms with Crippen LogP contribution < -0.4 is 5.56 Å². The number of ether oxygens (including phenoxy) is 1. The summed E-state index contributed by atoms with van der Waals surface area (Å²) >= 11 is 0. The van der Waals surface area contributed by atoms with Crippen LogP contribution in [0.4, 0.5) is 0 Å². The zero-order valence-corrected chi connectivity index (χ0v) is 18.7. The lowest BCUT2D eigenvalue weighted by atomic mass is 9.86. The Kier molecular flexibility index (Phi) is 4.64. The van der Waals surface area contributed by atoms with Crippen molar-refractivity contribution in [1.82, 2.24) is 19.3 Å². The van der Waals surface area contributed by atoms with Crippen LogP contribution in [0, 0.1) is 12.3 Å². The molecule has 2 saturated heterocycles. The number of carbonyl (C=O) groups is 1. The highest BCUT2D eigenvalue weighted by Crippen LogP contribution is 2.45. The molecule has 0 bridgehead atoms. The third-order valence-electron chi connectivity index (χ3n) is 8.06. The van der Waals surface area contributed by atoms with E-state index in [2.05, 4.69) is 9.97 Å². The smallest absolute Gasteiger partial charge is 0.274 e. The fourth-order valence-electron chi connectivity index (χ4n) is 6.23. The predicted molar refractivity (Wildman–Crippen MR) is 122 cm³/mol. The van der Waals surface area contributed by atoms with Gasteiger partial charge < -0.3 is 14.6 Å². The molecular formula is C25H30N4O3. The summed E-state index contributed by atoms with van der Waals surface area (Å²) in [6.45, 7) is 5.14. The summed E-state index contributed by atoms with van der Waals surface area (Å²) in [4.78, 5) is 36.0. The molecule has 1 aliphatic carbocycles. The van der Waals surface area contributed by atoms with Crippen LogP contribution in [-0.2, 0) is 4.74 Å². The Morgan fingerprint density at radius 3 is 2.72 bits per heavy atom. The number of nitrogens with one attached hydrogen (secondary N) is 1. The van der Waals surface area contributed by atoms with Gasteiger partial charge in [-0.15, -0.1) is 0 Å². The predicted octanol–water partition coefficient (Wildman–Crippen LogP) is 3.78. The van der Waals surface area contributed by atoms with Gasteiger partial charge in [-0.25, -0.2) is 4.98 Å².